The summed E-state index contributed by atoms with van der Waals surface area (Å²) in [5, 5.41) is 20.5. The number of carboxylic acid groups (broad SMARTS) is 1. The molecule has 0 radical (unpaired) electrons. The number of carbonyl (C=O) groups is 1. The minimum absolute atomic E-state index is 0.246. The van der Waals surface area contributed by atoms with Gasteiger partial charge in [-0.25, -0.2) is 4.98 Å². The molecule has 0 atom stereocenters. The maximum atomic E-state index is 9.61. The normalized spacial score (nSPS) is 11.6. The van der Waals surface area contributed by atoms with Gasteiger partial charge in [-0.1, -0.05) is 5.16 Å². The average Bonchev–Trinajstić information content (AvgIpc) is 3.21. The number of aromatic nitrogens is 3. The molecule has 3 aromatic rings. The molecule has 0 spiro atoms. The molecule has 0 bridgehead atoms. The van der Waals surface area contributed by atoms with Gasteiger partial charge in [-0.2, -0.15) is 5.26 Å². The Morgan fingerprint density at radius 3 is 2.73 bits per heavy atom. The summed E-state index contributed by atoms with van der Waals surface area (Å²) in [5.41, 5.74) is 13.0. The van der Waals surface area contributed by atoms with Crippen molar-refractivity contribution in [1.82, 2.24) is 15.1 Å². The van der Waals surface area contributed by atoms with Gasteiger partial charge in [0.15, 0.2) is 0 Å². The Hall–Kier alpha value is -3.60. The quantitative estimate of drug-likeness (QED) is 0.572. The number of nitrogen functional groups attached to an aromatic ring is 1. The fourth-order valence-electron chi connectivity index (χ4n) is 3.42. The molecule has 1 aliphatic rings. The van der Waals surface area contributed by atoms with E-state index < -0.39 is 0 Å². The first-order chi connectivity index (χ1) is 12.5. The third kappa shape index (κ3) is 2.59. The zero-order valence-corrected chi connectivity index (χ0v) is 14.3. The minimum atomic E-state index is -0.250. The van der Waals surface area contributed by atoms with Crippen LogP contribution in [0.5, 0.6) is 0 Å². The van der Waals surface area contributed by atoms with Gasteiger partial charge in [0, 0.05) is 28.6 Å². The number of hydrogen-bond donors (Lipinski definition) is 3. The van der Waals surface area contributed by atoms with Gasteiger partial charge < -0.3 is 20.3 Å². The lowest BCUT2D eigenvalue weighted by Gasteiger charge is -2.21. The Kier molecular flexibility index (Phi) is 4.45. The Labute approximate surface area is 149 Å². The second kappa shape index (κ2) is 6.72. The first kappa shape index (κ1) is 17.2. The number of hydrogen-bond acceptors (Lipinski definition) is 6. The molecule has 1 aliphatic carbocycles. The second-order valence-corrected chi connectivity index (χ2v) is 5.86. The molecule has 0 unspecified atom stereocenters. The number of nitrogens with one attached hydrogen (secondary N) is 1. The number of nitrogens with two attached hydrogens (primary N) is 1. The van der Waals surface area contributed by atoms with Gasteiger partial charge in [0.1, 0.15) is 23.2 Å². The number of nitrogens with zero attached hydrogens (tertiary/aromatic N) is 3. The molecule has 0 aliphatic heterocycles. The lowest BCUT2D eigenvalue weighted by Crippen LogP contribution is -2.11. The zero-order chi connectivity index (χ0) is 18.8. The molecule has 4 rings (SSSR count). The Morgan fingerprint density at radius 1 is 1.38 bits per heavy atom. The number of nitriles is 1. The molecule has 26 heavy (non-hydrogen) atoms. The van der Waals surface area contributed by atoms with Gasteiger partial charge in [0.25, 0.3) is 6.47 Å². The van der Waals surface area contributed by atoms with Crippen molar-refractivity contribution in [2.75, 3.05) is 5.73 Å². The number of rotatable bonds is 1. The molecule has 8 heteroatoms. The predicted molar refractivity (Wildman–Crippen MR) is 94.2 cm³/mol. The van der Waals surface area contributed by atoms with Crippen LogP contribution in [0.25, 0.3) is 22.4 Å². The highest BCUT2D eigenvalue weighted by Crippen LogP contribution is 2.42. The van der Waals surface area contributed by atoms with Crippen LogP contribution >= 0.6 is 0 Å². The van der Waals surface area contributed by atoms with Gasteiger partial charge >= 0.3 is 0 Å². The molecule has 132 valence electrons. The van der Waals surface area contributed by atoms with Crippen LogP contribution in [0.15, 0.2) is 16.8 Å². The van der Waals surface area contributed by atoms with Crippen LogP contribution in [-0.2, 0) is 17.6 Å². The van der Waals surface area contributed by atoms with E-state index in [1.165, 1.54) is 0 Å². The summed E-state index contributed by atoms with van der Waals surface area (Å²) in [5.74, 6) is 0.932. The number of aromatic amines is 1. The van der Waals surface area contributed by atoms with E-state index in [4.69, 9.17) is 20.2 Å². The summed E-state index contributed by atoms with van der Waals surface area (Å²) in [6.45, 7) is 3.48. The average molecular weight is 351 g/mol. The van der Waals surface area contributed by atoms with Crippen LogP contribution < -0.4 is 5.73 Å². The lowest BCUT2D eigenvalue weighted by atomic mass is 9.85. The van der Waals surface area contributed by atoms with Crippen LogP contribution in [0.4, 0.5) is 5.82 Å². The van der Waals surface area contributed by atoms with Crippen molar-refractivity contribution < 1.29 is 14.4 Å². The first-order valence-electron chi connectivity index (χ1n) is 7.93. The first-order valence-corrected chi connectivity index (χ1v) is 7.93. The SMILES string of the molecule is Cc1noc(C)c1-c1c(C#N)c(N)nc2c1CCc1[nH]ccc1-2.O=CO. The third-order valence-electron chi connectivity index (χ3n) is 4.43. The third-order valence-corrected chi connectivity index (χ3v) is 4.43. The summed E-state index contributed by atoms with van der Waals surface area (Å²) in [4.78, 5) is 16.1. The Morgan fingerprint density at radius 2 is 2.12 bits per heavy atom. The molecule has 0 saturated carbocycles. The van der Waals surface area contributed by atoms with Gasteiger partial charge in [0.05, 0.1) is 11.4 Å². The van der Waals surface area contributed by atoms with Crippen LogP contribution in [0.2, 0.25) is 0 Å². The highest BCUT2D eigenvalue weighted by atomic mass is 16.5. The van der Waals surface area contributed by atoms with Crippen LogP contribution in [0.3, 0.4) is 0 Å². The van der Waals surface area contributed by atoms with Crippen molar-refractivity contribution in [1.29, 1.82) is 5.26 Å². The summed E-state index contributed by atoms with van der Waals surface area (Å²) >= 11 is 0. The van der Waals surface area contributed by atoms with Crippen LogP contribution in [0.1, 0.15) is 28.3 Å². The topological polar surface area (TPSA) is 142 Å². The summed E-state index contributed by atoms with van der Waals surface area (Å²) in [7, 11) is 0. The Balaban J connectivity index is 0.000000613. The minimum Gasteiger partial charge on any atom is -0.483 e. The molecule has 0 aromatic carbocycles. The summed E-state index contributed by atoms with van der Waals surface area (Å²) < 4.78 is 5.31. The van der Waals surface area contributed by atoms with Gasteiger partial charge in [-0.15, -0.1) is 0 Å². The van der Waals surface area contributed by atoms with E-state index in [2.05, 4.69) is 21.2 Å². The monoisotopic (exact) mass is 351 g/mol. The summed E-state index contributed by atoms with van der Waals surface area (Å²) in [6.07, 6.45) is 3.58. The molecule has 0 amide bonds. The smallest absolute Gasteiger partial charge is 0.290 e. The number of fused-ring (bicyclic) bond motifs is 3. The van der Waals surface area contributed by atoms with E-state index in [1.807, 2.05) is 26.1 Å². The van der Waals surface area contributed by atoms with E-state index in [0.29, 0.717) is 11.3 Å². The maximum absolute atomic E-state index is 9.61. The predicted octanol–water partition coefficient (Wildman–Crippen LogP) is 2.60. The van der Waals surface area contributed by atoms with E-state index >= 15 is 0 Å². The largest absolute Gasteiger partial charge is 0.483 e. The van der Waals surface area contributed by atoms with Crippen LogP contribution in [-0.4, -0.2) is 26.7 Å². The zero-order valence-electron chi connectivity index (χ0n) is 14.3. The van der Waals surface area contributed by atoms with Gasteiger partial charge in [0.2, 0.25) is 0 Å². The maximum Gasteiger partial charge on any atom is 0.290 e. The van der Waals surface area contributed by atoms with Crippen molar-refractivity contribution in [3.05, 3.63) is 40.5 Å². The molecular formula is C18H17N5O3. The molecule has 0 fully saturated rings. The fourth-order valence-corrected chi connectivity index (χ4v) is 3.42. The van der Waals surface area contributed by atoms with E-state index in [9.17, 15) is 5.26 Å². The van der Waals surface area contributed by atoms with E-state index in [-0.39, 0.29) is 12.3 Å². The highest BCUT2D eigenvalue weighted by molar-refractivity contribution is 5.87. The van der Waals surface area contributed by atoms with Crippen molar-refractivity contribution in [2.45, 2.75) is 26.7 Å². The standard InChI is InChI=1S/C17H15N5O.CH2O2/c1-8-14(9(2)23-22-8)15-11-3-4-13-10(5-6-20-13)16(11)21-17(19)12(15)7-18;2-1-3/h5-6,20H,3-4H2,1-2H3,(H2,19,21);1H,(H,2,3). The van der Waals surface area contributed by atoms with Crippen molar-refractivity contribution in [3.63, 3.8) is 0 Å². The highest BCUT2D eigenvalue weighted by Gasteiger charge is 2.28. The number of anilines is 1. The lowest BCUT2D eigenvalue weighted by molar-refractivity contribution is -0.122. The van der Waals surface area contributed by atoms with Crippen LogP contribution in [0, 0.1) is 25.2 Å². The summed E-state index contributed by atoms with van der Waals surface area (Å²) in [6, 6.07) is 4.21. The van der Waals surface area contributed by atoms with Crippen molar-refractivity contribution >= 4 is 12.3 Å². The number of H-pyrrole nitrogens is 1. The fraction of sp³-hybridized carbons (Fsp3) is 0.222. The number of pyridine rings is 1. The Bertz CT molecular complexity index is 1010. The van der Waals surface area contributed by atoms with E-state index in [0.717, 1.165) is 52.2 Å². The van der Waals surface area contributed by atoms with Crippen molar-refractivity contribution in [2.24, 2.45) is 0 Å². The molecular weight excluding hydrogens is 334 g/mol. The second-order valence-electron chi connectivity index (χ2n) is 5.86. The molecule has 3 heterocycles. The molecule has 4 N–H and O–H groups in total. The molecule has 8 nitrogen and oxygen atoms in total. The van der Waals surface area contributed by atoms with Crippen molar-refractivity contribution in [3.8, 4) is 28.5 Å². The van der Waals surface area contributed by atoms with Gasteiger partial charge in [-0.05, 0) is 38.3 Å². The molecule has 0 saturated heterocycles. The van der Waals surface area contributed by atoms with E-state index in [1.54, 1.807) is 0 Å². The molecule has 3 aromatic heterocycles. The van der Waals surface area contributed by atoms with Gasteiger partial charge in [-0.3, -0.25) is 4.79 Å². The number of aryl methyl sites for hydroxylation is 3.